The number of amides is 1. The molecule has 0 fully saturated rings. The average molecular weight is 241 g/mol. The monoisotopic (exact) mass is 241 g/mol. The molecule has 0 unspecified atom stereocenters. The fourth-order valence-electron chi connectivity index (χ4n) is 0.778. The van der Waals surface area contributed by atoms with Crippen LogP contribution in [0.25, 0.3) is 0 Å². The van der Waals surface area contributed by atoms with E-state index in [4.69, 9.17) is 5.73 Å². The Kier molecular flexibility index (Phi) is 4.40. The van der Waals surface area contributed by atoms with Gasteiger partial charge in [-0.2, -0.15) is 0 Å². The average Bonchev–Trinajstić information content (AvgIpc) is 2.66. The van der Waals surface area contributed by atoms with Gasteiger partial charge in [-0.1, -0.05) is 5.16 Å². The summed E-state index contributed by atoms with van der Waals surface area (Å²) in [6, 6.07) is 0. The predicted octanol–water partition coefficient (Wildman–Crippen LogP) is 0.285. The molecule has 1 aromatic heterocycles. The summed E-state index contributed by atoms with van der Waals surface area (Å²) >= 11 is 1.14. The number of thiazole rings is 1. The lowest BCUT2D eigenvalue weighted by Crippen LogP contribution is -2.22. The molecule has 1 amide bonds. The molecule has 1 radical (unpaired) electrons. The highest BCUT2D eigenvalue weighted by Crippen LogP contribution is 2.11. The van der Waals surface area contributed by atoms with E-state index in [1.807, 2.05) is 0 Å². The Morgan fingerprint density at radius 2 is 2.56 bits per heavy atom. The van der Waals surface area contributed by atoms with Crippen LogP contribution in [0.1, 0.15) is 12.6 Å². The number of anilines is 1. The molecule has 0 bridgehead atoms. The number of nitrogen functional groups attached to an aromatic ring is 1. The van der Waals surface area contributed by atoms with Gasteiger partial charge in [0.2, 0.25) is 0 Å². The van der Waals surface area contributed by atoms with Crippen molar-refractivity contribution < 1.29 is 14.4 Å². The van der Waals surface area contributed by atoms with Crippen LogP contribution in [-0.4, -0.2) is 29.6 Å². The Morgan fingerprint density at radius 1 is 1.81 bits per heavy atom. The van der Waals surface area contributed by atoms with E-state index < -0.39 is 6.09 Å². The van der Waals surface area contributed by atoms with Crippen molar-refractivity contribution in [3.8, 4) is 0 Å². The Balaban J connectivity index is 2.71. The smallest absolute Gasteiger partial charge is 0.375 e. The molecule has 0 atom stereocenters. The topological polar surface area (TPSA) is 107 Å². The number of carbonyl (C=O) groups excluding carboxylic acids is 2. The van der Waals surface area contributed by atoms with Crippen molar-refractivity contribution in [2.75, 3.05) is 12.3 Å². The lowest BCUT2D eigenvalue weighted by atomic mass is 10.3. The predicted molar refractivity (Wildman–Crippen MR) is 58.9 cm³/mol. The van der Waals surface area contributed by atoms with Crippen LogP contribution in [0.5, 0.6) is 0 Å². The van der Waals surface area contributed by atoms with Gasteiger partial charge < -0.3 is 11.1 Å². The van der Waals surface area contributed by atoms with Crippen LogP contribution in [0.2, 0.25) is 0 Å². The number of hydrogen-bond acceptors (Lipinski definition) is 7. The number of carbonyl (C=O) groups is 1. The van der Waals surface area contributed by atoms with Gasteiger partial charge in [-0.25, -0.2) is 9.78 Å². The molecule has 0 saturated carbocycles. The summed E-state index contributed by atoms with van der Waals surface area (Å²) in [6.07, 6.45) is 0.761. The van der Waals surface area contributed by atoms with Crippen molar-refractivity contribution in [3.63, 3.8) is 0 Å². The molecule has 1 heterocycles. The zero-order valence-corrected chi connectivity index (χ0v) is 9.21. The van der Waals surface area contributed by atoms with Crippen molar-refractivity contribution in [2.24, 2.45) is 5.16 Å². The summed E-state index contributed by atoms with van der Waals surface area (Å²) in [5.41, 5.74) is 5.39. The Bertz CT molecular complexity index is 415. The summed E-state index contributed by atoms with van der Waals surface area (Å²) in [5, 5.41) is 7.46. The zero-order chi connectivity index (χ0) is 12.0. The molecular weight excluding hydrogens is 232 g/mol. The van der Waals surface area contributed by atoms with E-state index in [9.17, 15) is 9.59 Å². The largest absolute Gasteiger partial charge is 0.433 e. The van der Waals surface area contributed by atoms with E-state index in [0.717, 1.165) is 11.3 Å². The molecule has 1 aromatic rings. The van der Waals surface area contributed by atoms with Gasteiger partial charge in [0.15, 0.2) is 10.8 Å². The maximum absolute atomic E-state index is 10.9. The molecule has 0 saturated heterocycles. The number of nitrogens with two attached hydrogens (primary N) is 1. The molecule has 0 aliphatic heterocycles. The quantitative estimate of drug-likeness (QED) is 0.447. The minimum absolute atomic E-state index is 0.209. The minimum atomic E-state index is -0.751. The number of nitrogens with zero attached hydrogens (tertiary/aromatic N) is 2. The Morgan fingerprint density at radius 3 is 3.06 bits per heavy atom. The molecule has 7 nitrogen and oxygen atoms in total. The standard InChI is InChI=1S/C8H9N4O3S/c1-2-10-8(14)15-12-5(3-13)6-4-16-7(9)11-6/h4H,2H2,1H3,(H2,9,11)(H,10,14). The first-order valence-corrected chi connectivity index (χ1v) is 5.17. The van der Waals surface area contributed by atoms with Gasteiger partial charge in [0.1, 0.15) is 5.69 Å². The SMILES string of the molecule is CCNC(=O)ON=C([C]=O)c1csc(N)n1. The van der Waals surface area contributed by atoms with Gasteiger partial charge in [-0.3, -0.25) is 9.63 Å². The van der Waals surface area contributed by atoms with Crippen LogP contribution in [0.4, 0.5) is 9.93 Å². The molecule has 85 valence electrons. The third-order valence-corrected chi connectivity index (χ3v) is 2.08. The van der Waals surface area contributed by atoms with Gasteiger partial charge in [0.05, 0.1) is 0 Å². The number of hydrogen-bond donors (Lipinski definition) is 2. The van der Waals surface area contributed by atoms with E-state index in [1.165, 1.54) is 11.7 Å². The fourth-order valence-corrected chi connectivity index (χ4v) is 1.33. The highest BCUT2D eigenvalue weighted by Gasteiger charge is 2.10. The molecule has 0 spiro atoms. The first-order valence-electron chi connectivity index (χ1n) is 4.29. The number of oxime groups is 1. The molecule has 3 N–H and O–H groups in total. The lowest BCUT2D eigenvalue weighted by Gasteiger charge is -1.97. The first-order chi connectivity index (χ1) is 7.67. The Labute approximate surface area is 95.3 Å². The van der Waals surface area contributed by atoms with Crippen molar-refractivity contribution >= 4 is 34.6 Å². The third-order valence-electron chi connectivity index (χ3n) is 1.40. The Hall–Kier alpha value is -1.96. The van der Waals surface area contributed by atoms with Gasteiger partial charge in [-0.05, 0) is 6.92 Å². The molecular formula is C8H9N4O3S. The van der Waals surface area contributed by atoms with Crippen LogP contribution in [0.3, 0.4) is 0 Å². The van der Waals surface area contributed by atoms with Crippen LogP contribution >= 0.6 is 11.3 Å². The summed E-state index contributed by atoms with van der Waals surface area (Å²) in [6.45, 7) is 2.12. The van der Waals surface area contributed by atoms with Crippen LogP contribution in [0.15, 0.2) is 10.5 Å². The number of aromatic nitrogens is 1. The summed E-state index contributed by atoms with van der Waals surface area (Å²) in [7, 11) is 0. The van der Waals surface area contributed by atoms with Gasteiger partial charge in [0.25, 0.3) is 6.29 Å². The van der Waals surface area contributed by atoms with Crippen molar-refractivity contribution in [2.45, 2.75) is 6.92 Å². The highest BCUT2D eigenvalue weighted by atomic mass is 32.1. The molecule has 0 aliphatic rings. The van der Waals surface area contributed by atoms with Crippen LogP contribution in [-0.2, 0) is 9.63 Å². The zero-order valence-electron chi connectivity index (χ0n) is 8.39. The van der Waals surface area contributed by atoms with Crippen molar-refractivity contribution in [1.82, 2.24) is 10.3 Å². The summed E-state index contributed by atoms with van der Waals surface area (Å²) < 4.78 is 0. The summed E-state index contributed by atoms with van der Waals surface area (Å²) in [4.78, 5) is 29.6. The van der Waals surface area contributed by atoms with E-state index >= 15 is 0 Å². The molecule has 0 aliphatic carbocycles. The van der Waals surface area contributed by atoms with Crippen LogP contribution in [0, 0.1) is 0 Å². The molecule has 8 heteroatoms. The number of nitrogens with one attached hydrogen (secondary N) is 1. The van der Waals surface area contributed by atoms with E-state index in [1.54, 1.807) is 6.92 Å². The van der Waals surface area contributed by atoms with E-state index in [-0.39, 0.29) is 16.5 Å². The fraction of sp³-hybridized carbons (Fsp3) is 0.250. The third kappa shape index (κ3) is 3.31. The second-order valence-corrected chi connectivity index (χ2v) is 3.41. The van der Waals surface area contributed by atoms with Gasteiger partial charge in [0, 0.05) is 11.9 Å². The van der Waals surface area contributed by atoms with Crippen molar-refractivity contribution in [3.05, 3.63) is 11.1 Å². The molecule has 0 aromatic carbocycles. The van der Waals surface area contributed by atoms with Gasteiger partial charge in [-0.15, -0.1) is 11.3 Å². The van der Waals surface area contributed by atoms with E-state index in [2.05, 4.69) is 20.3 Å². The second-order valence-electron chi connectivity index (χ2n) is 2.52. The highest BCUT2D eigenvalue weighted by molar-refractivity contribution is 7.13. The normalized spacial score (nSPS) is 10.9. The number of rotatable bonds is 4. The van der Waals surface area contributed by atoms with E-state index in [0.29, 0.717) is 6.54 Å². The maximum Gasteiger partial charge on any atom is 0.433 e. The van der Waals surface area contributed by atoms with Crippen LogP contribution < -0.4 is 11.1 Å². The minimum Gasteiger partial charge on any atom is -0.375 e. The molecule has 1 rings (SSSR count). The van der Waals surface area contributed by atoms with Gasteiger partial charge >= 0.3 is 6.09 Å². The lowest BCUT2D eigenvalue weighted by molar-refractivity contribution is 0.151. The molecule has 16 heavy (non-hydrogen) atoms. The second kappa shape index (κ2) is 5.81. The van der Waals surface area contributed by atoms with Crippen molar-refractivity contribution in [1.29, 1.82) is 0 Å². The first kappa shape index (κ1) is 12.1. The summed E-state index contributed by atoms with van der Waals surface area (Å²) in [5.74, 6) is 0. The maximum atomic E-state index is 10.9.